The summed E-state index contributed by atoms with van der Waals surface area (Å²) in [6.45, 7) is 1.95. The molecule has 1 heterocycles. The quantitative estimate of drug-likeness (QED) is 0.697. The van der Waals surface area contributed by atoms with Crippen LogP contribution in [0.1, 0.15) is 36.8 Å². The summed E-state index contributed by atoms with van der Waals surface area (Å²) in [5, 5.41) is 3.00. The van der Waals surface area contributed by atoms with Gasteiger partial charge in [-0.1, -0.05) is 36.8 Å². The number of hydrogen-bond donors (Lipinski definition) is 1. The van der Waals surface area contributed by atoms with Crippen molar-refractivity contribution in [2.45, 2.75) is 43.5 Å². The zero-order valence-electron chi connectivity index (χ0n) is 17.8. The van der Waals surface area contributed by atoms with Crippen LogP contribution in [0.4, 0.5) is 5.69 Å². The van der Waals surface area contributed by atoms with E-state index in [1.165, 1.54) is 0 Å². The van der Waals surface area contributed by atoms with Gasteiger partial charge in [0.25, 0.3) is 0 Å². The van der Waals surface area contributed by atoms with Crippen molar-refractivity contribution < 1.29 is 13.2 Å². The standard InChI is InChI=1S/C23H31N3O3S/c1-25(2)18-20-8-4-5-9-22(20)24-23(27)15-12-19-10-13-21(14-11-19)30(28,29)26-16-6-3-7-17-26/h4-5,8-11,13-14H,3,6-7,12,15-18H2,1-2H3,(H,24,27). The van der Waals surface area contributed by atoms with Crippen LogP contribution in [0.2, 0.25) is 0 Å². The van der Waals surface area contributed by atoms with Crippen LogP contribution in [0.5, 0.6) is 0 Å². The fraction of sp³-hybridized carbons (Fsp3) is 0.435. The van der Waals surface area contributed by atoms with Gasteiger partial charge in [-0.3, -0.25) is 4.79 Å². The Bertz CT molecular complexity index is 950. The first-order valence-electron chi connectivity index (χ1n) is 10.5. The summed E-state index contributed by atoms with van der Waals surface area (Å²) >= 11 is 0. The average Bonchev–Trinajstić information content (AvgIpc) is 2.74. The molecular weight excluding hydrogens is 398 g/mol. The minimum atomic E-state index is -3.42. The maximum absolute atomic E-state index is 12.7. The molecule has 0 atom stereocenters. The van der Waals surface area contributed by atoms with Gasteiger partial charge >= 0.3 is 0 Å². The SMILES string of the molecule is CN(C)Cc1ccccc1NC(=O)CCc1ccc(S(=O)(=O)N2CCCCC2)cc1. The molecule has 1 fully saturated rings. The van der Waals surface area contributed by atoms with Gasteiger partial charge in [0.2, 0.25) is 15.9 Å². The topological polar surface area (TPSA) is 69.7 Å². The molecule has 0 saturated carbocycles. The summed E-state index contributed by atoms with van der Waals surface area (Å²) in [6.07, 6.45) is 3.83. The van der Waals surface area contributed by atoms with Gasteiger partial charge in [-0.25, -0.2) is 8.42 Å². The number of rotatable bonds is 8. The van der Waals surface area contributed by atoms with Crippen molar-refractivity contribution >= 4 is 21.6 Å². The van der Waals surface area contributed by atoms with E-state index in [0.717, 1.165) is 42.6 Å². The third-order valence-corrected chi connectivity index (χ3v) is 7.21. The van der Waals surface area contributed by atoms with E-state index >= 15 is 0 Å². The van der Waals surface area contributed by atoms with Gasteiger partial charge in [0, 0.05) is 31.7 Å². The molecule has 0 aliphatic carbocycles. The van der Waals surface area contributed by atoms with E-state index in [2.05, 4.69) is 10.2 Å². The Morgan fingerprint density at radius 3 is 2.33 bits per heavy atom. The Balaban J connectivity index is 1.57. The zero-order chi connectivity index (χ0) is 21.6. The van der Waals surface area contributed by atoms with E-state index in [1.54, 1.807) is 16.4 Å². The minimum Gasteiger partial charge on any atom is -0.326 e. The Morgan fingerprint density at radius 1 is 1.00 bits per heavy atom. The fourth-order valence-corrected chi connectivity index (χ4v) is 5.19. The molecule has 2 aromatic carbocycles. The van der Waals surface area contributed by atoms with Crippen LogP contribution in [-0.2, 0) is 27.8 Å². The Labute approximate surface area is 179 Å². The van der Waals surface area contributed by atoms with Crippen LogP contribution in [0.3, 0.4) is 0 Å². The number of anilines is 1. The third kappa shape index (κ3) is 5.90. The van der Waals surface area contributed by atoms with Gasteiger partial charge < -0.3 is 10.2 Å². The van der Waals surface area contributed by atoms with Crippen molar-refractivity contribution in [1.82, 2.24) is 9.21 Å². The van der Waals surface area contributed by atoms with E-state index in [-0.39, 0.29) is 5.91 Å². The van der Waals surface area contributed by atoms with Gasteiger partial charge in [0.1, 0.15) is 0 Å². The largest absolute Gasteiger partial charge is 0.326 e. The average molecular weight is 430 g/mol. The van der Waals surface area contributed by atoms with Gasteiger partial charge in [0.15, 0.2) is 0 Å². The Kier molecular flexibility index (Phi) is 7.64. The van der Waals surface area contributed by atoms with Crippen LogP contribution < -0.4 is 5.32 Å². The molecule has 0 bridgehead atoms. The third-order valence-electron chi connectivity index (χ3n) is 5.29. The van der Waals surface area contributed by atoms with Crippen LogP contribution in [-0.4, -0.2) is 50.7 Å². The maximum atomic E-state index is 12.7. The molecule has 1 saturated heterocycles. The number of benzene rings is 2. The predicted octanol–water partition coefficient (Wildman–Crippen LogP) is 3.49. The van der Waals surface area contributed by atoms with Crippen LogP contribution in [0, 0.1) is 0 Å². The molecule has 162 valence electrons. The molecule has 6 nitrogen and oxygen atoms in total. The van der Waals surface area contributed by atoms with E-state index < -0.39 is 10.0 Å². The van der Waals surface area contributed by atoms with E-state index in [9.17, 15) is 13.2 Å². The first-order chi connectivity index (χ1) is 14.4. The number of hydrogen-bond acceptors (Lipinski definition) is 4. The molecule has 7 heteroatoms. The zero-order valence-corrected chi connectivity index (χ0v) is 18.6. The summed E-state index contributed by atoms with van der Waals surface area (Å²) in [4.78, 5) is 14.8. The first kappa shape index (κ1) is 22.5. The highest BCUT2D eigenvalue weighted by Crippen LogP contribution is 2.21. The van der Waals surface area contributed by atoms with E-state index in [0.29, 0.717) is 30.8 Å². The Morgan fingerprint density at radius 2 is 1.67 bits per heavy atom. The van der Waals surface area contributed by atoms with Gasteiger partial charge in [0.05, 0.1) is 4.90 Å². The second-order valence-electron chi connectivity index (χ2n) is 8.05. The highest BCUT2D eigenvalue weighted by Gasteiger charge is 2.25. The summed E-state index contributed by atoms with van der Waals surface area (Å²) in [5.41, 5.74) is 2.85. The number of aryl methyl sites for hydroxylation is 1. The predicted molar refractivity (Wildman–Crippen MR) is 120 cm³/mol. The number of nitrogens with one attached hydrogen (secondary N) is 1. The van der Waals surface area contributed by atoms with E-state index in [4.69, 9.17) is 0 Å². The second kappa shape index (κ2) is 10.2. The van der Waals surface area contributed by atoms with Gasteiger partial charge in [-0.05, 0) is 62.7 Å². The molecular formula is C23H31N3O3S. The number of carbonyl (C=O) groups excluding carboxylic acids is 1. The minimum absolute atomic E-state index is 0.0498. The molecule has 1 amide bonds. The lowest BCUT2D eigenvalue weighted by Gasteiger charge is -2.25. The molecule has 2 aromatic rings. The van der Waals surface area contributed by atoms with Crippen molar-refractivity contribution in [3.63, 3.8) is 0 Å². The van der Waals surface area contributed by atoms with Gasteiger partial charge in [-0.2, -0.15) is 4.31 Å². The Hall–Kier alpha value is -2.22. The molecule has 30 heavy (non-hydrogen) atoms. The van der Waals surface area contributed by atoms with Crippen molar-refractivity contribution in [1.29, 1.82) is 0 Å². The lowest BCUT2D eigenvalue weighted by atomic mass is 10.1. The lowest BCUT2D eigenvalue weighted by molar-refractivity contribution is -0.116. The number of nitrogens with zero attached hydrogens (tertiary/aromatic N) is 2. The lowest BCUT2D eigenvalue weighted by Crippen LogP contribution is -2.35. The van der Waals surface area contributed by atoms with Gasteiger partial charge in [-0.15, -0.1) is 0 Å². The highest BCUT2D eigenvalue weighted by molar-refractivity contribution is 7.89. The molecule has 0 aromatic heterocycles. The first-order valence-corrected chi connectivity index (χ1v) is 11.9. The number of carbonyl (C=O) groups is 1. The molecule has 1 N–H and O–H groups in total. The number of sulfonamides is 1. The van der Waals surface area contributed by atoms with Crippen molar-refractivity contribution in [3.05, 3.63) is 59.7 Å². The van der Waals surface area contributed by atoms with Crippen molar-refractivity contribution in [2.75, 3.05) is 32.5 Å². The highest BCUT2D eigenvalue weighted by atomic mass is 32.2. The molecule has 1 aliphatic rings. The smallest absolute Gasteiger partial charge is 0.243 e. The van der Waals surface area contributed by atoms with E-state index in [1.807, 2.05) is 50.5 Å². The molecule has 0 unspecified atom stereocenters. The molecule has 3 rings (SSSR count). The number of para-hydroxylation sites is 1. The number of piperidine rings is 1. The van der Waals surface area contributed by atoms with Crippen molar-refractivity contribution in [3.8, 4) is 0 Å². The summed E-state index contributed by atoms with van der Waals surface area (Å²) < 4.78 is 27.0. The summed E-state index contributed by atoms with van der Waals surface area (Å²) in [6, 6.07) is 14.7. The number of amides is 1. The molecule has 0 spiro atoms. The van der Waals surface area contributed by atoms with Crippen LogP contribution >= 0.6 is 0 Å². The monoisotopic (exact) mass is 429 g/mol. The van der Waals surface area contributed by atoms with Crippen molar-refractivity contribution in [2.24, 2.45) is 0 Å². The summed E-state index contributed by atoms with van der Waals surface area (Å²) in [5.74, 6) is -0.0498. The maximum Gasteiger partial charge on any atom is 0.243 e. The fourth-order valence-electron chi connectivity index (χ4n) is 3.67. The normalized spacial score (nSPS) is 15.3. The second-order valence-corrected chi connectivity index (χ2v) is 9.99. The van der Waals surface area contributed by atoms with Crippen LogP contribution in [0.25, 0.3) is 0 Å². The molecule has 0 radical (unpaired) electrons. The van der Waals surface area contributed by atoms with Crippen LogP contribution in [0.15, 0.2) is 53.4 Å². The summed E-state index contributed by atoms with van der Waals surface area (Å²) in [7, 11) is 0.572. The molecule has 1 aliphatic heterocycles.